The SMILES string of the molecule is CCCCC(CC)CNc1ccc(N)c(N)n1. The van der Waals surface area contributed by atoms with Crippen LogP contribution in [0.2, 0.25) is 0 Å². The summed E-state index contributed by atoms with van der Waals surface area (Å²) in [5, 5.41) is 3.33. The second-order valence-corrected chi connectivity index (χ2v) is 4.47. The molecule has 0 radical (unpaired) electrons. The van der Waals surface area contributed by atoms with Crippen molar-refractivity contribution in [2.24, 2.45) is 5.92 Å². The highest BCUT2D eigenvalue weighted by Crippen LogP contribution is 2.17. The fraction of sp³-hybridized carbons (Fsp3) is 0.615. The largest absolute Gasteiger partial charge is 0.396 e. The summed E-state index contributed by atoms with van der Waals surface area (Å²) in [6, 6.07) is 3.66. The van der Waals surface area contributed by atoms with E-state index in [-0.39, 0.29) is 0 Å². The molecule has 0 aliphatic carbocycles. The Morgan fingerprint density at radius 3 is 2.65 bits per heavy atom. The Labute approximate surface area is 104 Å². The molecule has 0 aromatic carbocycles. The molecule has 0 saturated carbocycles. The maximum atomic E-state index is 5.66. The molecule has 1 aromatic rings. The van der Waals surface area contributed by atoms with E-state index in [1.54, 1.807) is 6.07 Å². The lowest BCUT2D eigenvalue weighted by Crippen LogP contribution is -2.15. The van der Waals surface area contributed by atoms with Gasteiger partial charge in [-0.1, -0.05) is 33.1 Å². The van der Waals surface area contributed by atoms with Gasteiger partial charge in [-0.3, -0.25) is 0 Å². The number of rotatable bonds is 7. The number of pyridine rings is 1. The molecule has 0 aliphatic heterocycles. The second-order valence-electron chi connectivity index (χ2n) is 4.47. The fourth-order valence-corrected chi connectivity index (χ4v) is 1.78. The zero-order valence-corrected chi connectivity index (χ0v) is 10.9. The van der Waals surface area contributed by atoms with Gasteiger partial charge in [0.1, 0.15) is 11.6 Å². The first-order valence-electron chi connectivity index (χ1n) is 6.43. The van der Waals surface area contributed by atoms with Gasteiger partial charge in [0.2, 0.25) is 0 Å². The van der Waals surface area contributed by atoms with Gasteiger partial charge in [0.25, 0.3) is 0 Å². The van der Waals surface area contributed by atoms with Gasteiger partial charge in [0, 0.05) is 6.54 Å². The van der Waals surface area contributed by atoms with Gasteiger partial charge in [-0.15, -0.1) is 0 Å². The molecule has 5 N–H and O–H groups in total. The predicted octanol–water partition coefficient (Wildman–Crippen LogP) is 2.87. The minimum atomic E-state index is 0.400. The quantitative estimate of drug-likeness (QED) is 0.680. The number of nitrogens with one attached hydrogen (secondary N) is 1. The summed E-state index contributed by atoms with van der Waals surface area (Å²) in [6.45, 7) is 5.40. The lowest BCUT2D eigenvalue weighted by Gasteiger charge is -2.16. The summed E-state index contributed by atoms with van der Waals surface area (Å²) < 4.78 is 0. The van der Waals surface area contributed by atoms with Crippen LogP contribution < -0.4 is 16.8 Å². The first-order chi connectivity index (χ1) is 8.17. The highest BCUT2D eigenvalue weighted by molar-refractivity contribution is 5.61. The van der Waals surface area contributed by atoms with E-state index >= 15 is 0 Å². The van der Waals surface area contributed by atoms with Gasteiger partial charge in [0.05, 0.1) is 5.69 Å². The Kier molecular flexibility index (Phi) is 5.60. The number of nitrogen functional groups attached to an aromatic ring is 2. The zero-order chi connectivity index (χ0) is 12.7. The number of hydrogen-bond acceptors (Lipinski definition) is 4. The van der Waals surface area contributed by atoms with Crippen LogP contribution in [0.5, 0.6) is 0 Å². The summed E-state index contributed by atoms with van der Waals surface area (Å²) in [7, 11) is 0. The Bertz CT molecular complexity index is 338. The van der Waals surface area contributed by atoms with Crippen LogP contribution in [0.25, 0.3) is 0 Å². The van der Waals surface area contributed by atoms with Crippen molar-refractivity contribution < 1.29 is 0 Å². The lowest BCUT2D eigenvalue weighted by atomic mass is 9.99. The molecule has 1 heterocycles. The Morgan fingerprint density at radius 1 is 1.29 bits per heavy atom. The molecule has 0 amide bonds. The van der Waals surface area contributed by atoms with Crippen molar-refractivity contribution in [1.29, 1.82) is 0 Å². The number of nitrogens with two attached hydrogens (primary N) is 2. The van der Waals surface area contributed by atoms with Crippen molar-refractivity contribution in [3.05, 3.63) is 12.1 Å². The van der Waals surface area contributed by atoms with Gasteiger partial charge in [0.15, 0.2) is 0 Å². The van der Waals surface area contributed by atoms with Crippen LogP contribution in [-0.2, 0) is 0 Å². The van der Waals surface area contributed by atoms with Gasteiger partial charge < -0.3 is 16.8 Å². The number of unbranched alkanes of at least 4 members (excludes halogenated alkanes) is 1. The molecule has 0 fully saturated rings. The third-order valence-electron chi connectivity index (χ3n) is 3.07. The molecule has 1 aromatic heterocycles. The predicted molar refractivity (Wildman–Crippen MR) is 74.9 cm³/mol. The molecule has 0 spiro atoms. The summed E-state index contributed by atoms with van der Waals surface area (Å²) in [6.07, 6.45) is 5.00. The molecule has 0 bridgehead atoms. The van der Waals surface area contributed by atoms with Crippen molar-refractivity contribution in [3.8, 4) is 0 Å². The summed E-state index contributed by atoms with van der Waals surface area (Å²) in [5.74, 6) is 1.92. The first kappa shape index (κ1) is 13.6. The first-order valence-corrected chi connectivity index (χ1v) is 6.43. The number of hydrogen-bond donors (Lipinski definition) is 3. The van der Waals surface area contributed by atoms with Crippen LogP contribution in [-0.4, -0.2) is 11.5 Å². The van der Waals surface area contributed by atoms with E-state index < -0.39 is 0 Å². The summed E-state index contributed by atoms with van der Waals surface area (Å²) >= 11 is 0. The van der Waals surface area contributed by atoms with Gasteiger partial charge in [-0.25, -0.2) is 4.98 Å². The average Bonchev–Trinajstić information content (AvgIpc) is 2.34. The number of anilines is 3. The van der Waals surface area contributed by atoms with Gasteiger partial charge in [-0.05, 0) is 24.5 Å². The van der Waals surface area contributed by atoms with Gasteiger partial charge in [-0.2, -0.15) is 0 Å². The molecule has 1 rings (SSSR count). The molecular formula is C13H24N4. The van der Waals surface area contributed by atoms with E-state index in [0.717, 1.165) is 12.4 Å². The minimum absolute atomic E-state index is 0.400. The van der Waals surface area contributed by atoms with Crippen molar-refractivity contribution in [1.82, 2.24) is 4.98 Å². The van der Waals surface area contributed by atoms with Crippen molar-refractivity contribution in [2.45, 2.75) is 39.5 Å². The van der Waals surface area contributed by atoms with Crippen molar-refractivity contribution in [2.75, 3.05) is 23.3 Å². The molecule has 96 valence electrons. The maximum Gasteiger partial charge on any atom is 0.149 e. The van der Waals surface area contributed by atoms with E-state index in [1.165, 1.54) is 25.7 Å². The maximum absolute atomic E-state index is 5.66. The smallest absolute Gasteiger partial charge is 0.149 e. The molecule has 17 heavy (non-hydrogen) atoms. The van der Waals surface area contributed by atoms with Gasteiger partial charge >= 0.3 is 0 Å². The molecule has 0 saturated heterocycles. The number of nitrogens with zero attached hydrogens (tertiary/aromatic N) is 1. The molecule has 4 heteroatoms. The third-order valence-corrected chi connectivity index (χ3v) is 3.07. The van der Waals surface area contributed by atoms with Crippen LogP contribution in [0.1, 0.15) is 39.5 Å². The monoisotopic (exact) mass is 236 g/mol. The van der Waals surface area contributed by atoms with E-state index in [2.05, 4.69) is 24.1 Å². The summed E-state index contributed by atoms with van der Waals surface area (Å²) in [5.41, 5.74) is 11.8. The molecule has 0 aliphatic rings. The normalized spacial score (nSPS) is 12.4. The molecule has 1 atom stereocenters. The fourth-order valence-electron chi connectivity index (χ4n) is 1.78. The highest BCUT2D eigenvalue weighted by Gasteiger charge is 2.06. The number of aromatic nitrogens is 1. The van der Waals surface area contributed by atoms with E-state index in [4.69, 9.17) is 11.5 Å². The topological polar surface area (TPSA) is 77.0 Å². The van der Waals surface area contributed by atoms with Crippen LogP contribution in [0, 0.1) is 5.92 Å². The zero-order valence-electron chi connectivity index (χ0n) is 10.9. The Balaban J connectivity index is 2.45. The van der Waals surface area contributed by atoms with E-state index in [0.29, 0.717) is 17.4 Å². The highest BCUT2D eigenvalue weighted by atomic mass is 15.0. The standard InChI is InChI=1S/C13H24N4/c1-3-5-6-10(4-2)9-16-12-8-7-11(14)13(15)17-12/h7-8,10H,3-6,9,14H2,1-2H3,(H3,15,16,17). The Morgan fingerprint density at radius 2 is 2.06 bits per heavy atom. The summed E-state index contributed by atoms with van der Waals surface area (Å²) in [4.78, 5) is 4.20. The minimum Gasteiger partial charge on any atom is -0.396 e. The van der Waals surface area contributed by atoms with Crippen LogP contribution >= 0.6 is 0 Å². The average molecular weight is 236 g/mol. The van der Waals surface area contributed by atoms with Crippen molar-refractivity contribution in [3.63, 3.8) is 0 Å². The van der Waals surface area contributed by atoms with Crippen LogP contribution in [0.3, 0.4) is 0 Å². The second kappa shape index (κ2) is 6.99. The van der Waals surface area contributed by atoms with Crippen LogP contribution in [0.15, 0.2) is 12.1 Å². The Hall–Kier alpha value is -1.45. The molecule has 1 unspecified atom stereocenters. The lowest BCUT2D eigenvalue weighted by molar-refractivity contribution is 0.472. The third kappa shape index (κ3) is 4.51. The van der Waals surface area contributed by atoms with E-state index in [1.807, 2.05) is 6.07 Å². The molecule has 4 nitrogen and oxygen atoms in total. The van der Waals surface area contributed by atoms with E-state index in [9.17, 15) is 0 Å². The van der Waals surface area contributed by atoms with Crippen LogP contribution in [0.4, 0.5) is 17.3 Å². The van der Waals surface area contributed by atoms with Crippen molar-refractivity contribution >= 4 is 17.3 Å². The molecular weight excluding hydrogens is 212 g/mol.